The molecule has 1 aliphatic rings. The summed E-state index contributed by atoms with van der Waals surface area (Å²) in [6.07, 6.45) is 1.40. The lowest BCUT2D eigenvalue weighted by molar-refractivity contribution is 0.520. The van der Waals surface area contributed by atoms with Crippen LogP contribution < -0.4 is 5.32 Å². The minimum Gasteiger partial charge on any atom is -0.381 e. The molecule has 0 amide bonds. The van der Waals surface area contributed by atoms with Crippen LogP contribution in [0.1, 0.15) is 12.8 Å². The Morgan fingerprint density at radius 3 is 2.62 bits per heavy atom. The van der Waals surface area contributed by atoms with Crippen molar-refractivity contribution < 1.29 is 16.8 Å². The van der Waals surface area contributed by atoms with Gasteiger partial charge >= 0.3 is 0 Å². The van der Waals surface area contributed by atoms with E-state index < -0.39 is 19.9 Å². The van der Waals surface area contributed by atoms with Crippen LogP contribution in [0.15, 0.2) is 29.2 Å². The lowest BCUT2D eigenvalue weighted by atomic mass is 10.2. The van der Waals surface area contributed by atoms with Gasteiger partial charge in [-0.25, -0.2) is 21.1 Å². The zero-order valence-corrected chi connectivity index (χ0v) is 13.7. The third-order valence-electron chi connectivity index (χ3n) is 3.45. The monoisotopic (exact) mass is 332 g/mol. The summed E-state index contributed by atoms with van der Waals surface area (Å²) in [5.41, 5.74) is 0.625. The van der Waals surface area contributed by atoms with Crippen molar-refractivity contribution in [3.05, 3.63) is 24.3 Å². The van der Waals surface area contributed by atoms with Gasteiger partial charge in [0.15, 0.2) is 9.84 Å². The van der Waals surface area contributed by atoms with Crippen LogP contribution in [0.3, 0.4) is 0 Å². The summed E-state index contributed by atoms with van der Waals surface area (Å²) >= 11 is 0. The minimum atomic E-state index is -3.49. The molecule has 1 N–H and O–H groups in total. The van der Waals surface area contributed by atoms with Gasteiger partial charge < -0.3 is 5.32 Å². The lowest BCUT2D eigenvalue weighted by Gasteiger charge is -2.24. The van der Waals surface area contributed by atoms with Crippen molar-refractivity contribution in [3.8, 4) is 0 Å². The van der Waals surface area contributed by atoms with Crippen LogP contribution >= 0.6 is 0 Å². The second-order valence-electron chi connectivity index (χ2n) is 5.41. The number of nitrogens with zero attached hydrogens (tertiary/aromatic N) is 1. The molecule has 0 saturated carbocycles. The van der Waals surface area contributed by atoms with E-state index in [9.17, 15) is 16.8 Å². The molecule has 1 aliphatic heterocycles. The molecule has 8 heteroatoms. The summed E-state index contributed by atoms with van der Waals surface area (Å²) < 4.78 is 48.6. The number of anilines is 1. The molecule has 0 aromatic heterocycles. The Morgan fingerprint density at radius 2 is 2.00 bits per heavy atom. The first-order valence-electron chi connectivity index (χ1n) is 6.70. The molecule has 0 radical (unpaired) electrons. The van der Waals surface area contributed by atoms with Crippen molar-refractivity contribution in [1.29, 1.82) is 0 Å². The van der Waals surface area contributed by atoms with Crippen molar-refractivity contribution in [2.75, 3.05) is 30.9 Å². The number of sulfonamides is 1. The number of benzene rings is 1. The Balaban J connectivity index is 2.19. The highest BCUT2D eigenvalue weighted by molar-refractivity contribution is 7.91. The number of rotatable bonds is 4. The molecule has 1 fully saturated rings. The van der Waals surface area contributed by atoms with E-state index in [1.54, 1.807) is 12.1 Å². The fourth-order valence-corrected chi connectivity index (χ4v) is 4.91. The van der Waals surface area contributed by atoms with E-state index in [0.717, 1.165) is 10.7 Å². The molecule has 0 aliphatic carbocycles. The first-order valence-corrected chi connectivity index (χ1v) is 9.96. The second-order valence-corrected chi connectivity index (χ2v) is 9.79. The molecule has 1 aromatic carbocycles. The quantitative estimate of drug-likeness (QED) is 0.887. The Bertz CT molecular complexity index is 711. The van der Waals surface area contributed by atoms with E-state index >= 15 is 0 Å². The summed E-state index contributed by atoms with van der Waals surface area (Å²) in [6.45, 7) is 0. The first-order chi connectivity index (χ1) is 9.71. The molecule has 0 bridgehead atoms. The maximum Gasteiger partial charge on any atom is 0.242 e. The van der Waals surface area contributed by atoms with Gasteiger partial charge in [-0.1, -0.05) is 6.07 Å². The van der Waals surface area contributed by atoms with Crippen molar-refractivity contribution in [2.45, 2.75) is 23.8 Å². The second kappa shape index (κ2) is 5.94. The van der Waals surface area contributed by atoms with Crippen molar-refractivity contribution in [3.63, 3.8) is 0 Å². The summed E-state index contributed by atoms with van der Waals surface area (Å²) in [5.74, 6) is 0.331. The Morgan fingerprint density at radius 1 is 1.29 bits per heavy atom. The van der Waals surface area contributed by atoms with Crippen molar-refractivity contribution in [1.82, 2.24) is 4.31 Å². The summed E-state index contributed by atoms with van der Waals surface area (Å²) in [6, 6.07) is 6.29. The normalized spacial score (nSPS) is 22.1. The van der Waals surface area contributed by atoms with Gasteiger partial charge in [0.25, 0.3) is 0 Å². The van der Waals surface area contributed by atoms with Crippen LogP contribution in [0.4, 0.5) is 5.69 Å². The SMILES string of the molecule is CN(C)S(=O)(=O)c1cccc(NC2CCCS(=O)(=O)C2)c1. The largest absolute Gasteiger partial charge is 0.381 e. The van der Waals surface area contributed by atoms with E-state index in [2.05, 4.69) is 5.32 Å². The topological polar surface area (TPSA) is 83.6 Å². The molecule has 21 heavy (non-hydrogen) atoms. The van der Waals surface area contributed by atoms with Crippen LogP contribution in [0.5, 0.6) is 0 Å². The zero-order chi connectivity index (χ0) is 15.7. The fourth-order valence-electron chi connectivity index (χ4n) is 2.33. The number of nitrogens with one attached hydrogen (secondary N) is 1. The van der Waals surface area contributed by atoms with Gasteiger partial charge in [0.2, 0.25) is 10.0 Å². The van der Waals surface area contributed by atoms with E-state index in [0.29, 0.717) is 12.1 Å². The molecular weight excluding hydrogens is 312 g/mol. The maximum atomic E-state index is 12.1. The minimum absolute atomic E-state index is 0.0949. The van der Waals surface area contributed by atoms with Gasteiger partial charge in [-0.2, -0.15) is 0 Å². The Labute approximate surface area is 126 Å². The third kappa shape index (κ3) is 3.96. The van der Waals surface area contributed by atoms with Gasteiger partial charge in [-0.05, 0) is 31.0 Å². The van der Waals surface area contributed by atoms with Gasteiger partial charge in [-0.3, -0.25) is 0 Å². The molecule has 1 saturated heterocycles. The average Bonchev–Trinajstić information content (AvgIpc) is 2.37. The molecule has 118 valence electrons. The van der Waals surface area contributed by atoms with Gasteiger partial charge in [0, 0.05) is 25.8 Å². The first kappa shape index (κ1) is 16.3. The molecule has 1 heterocycles. The van der Waals surface area contributed by atoms with Crippen LogP contribution in [0, 0.1) is 0 Å². The average molecular weight is 332 g/mol. The van der Waals surface area contributed by atoms with E-state index in [1.165, 1.54) is 26.2 Å². The lowest BCUT2D eigenvalue weighted by Crippen LogP contribution is -2.34. The van der Waals surface area contributed by atoms with E-state index in [-0.39, 0.29) is 22.4 Å². The van der Waals surface area contributed by atoms with Gasteiger partial charge in [0.1, 0.15) is 0 Å². The predicted molar refractivity (Wildman–Crippen MR) is 82.6 cm³/mol. The molecule has 1 unspecified atom stereocenters. The van der Waals surface area contributed by atoms with Crippen LogP contribution in [0.25, 0.3) is 0 Å². The van der Waals surface area contributed by atoms with Crippen LogP contribution in [0.2, 0.25) is 0 Å². The molecule has 0 spiro atoms. The molecular formula is C13H20N2O4S2. The Kier molecular flexibility index (Phi) is 4.60. The maximum absolute atomic E-state index is 12.1. The van der Waals surface area contributed by atoms with E-state index in [4.69, 9.17) is 0 Å². The number of hydrogen-bond donors (Lipinski definition) is 1. The highest BCUT2D eigenvalue weighted by atomic mass is 32.2. The van der Waals surface area contributed by atoms with Gasteiger partial charge in [0.05, 0.1) is 16.4 Å². The molecule has 2 rings (SSSR count). The summed E-state index contributed by atoms with van der Waals surface area (Å²) in [5, 5.41) is 3.13. The number of hydrogen-bond acceptors (Lipinski definition) is 5. The summed E-state index contributed by atoms with van der Waals surface area (Å²) in [7, 11) is -3.53. The summed E-state index contributed by atoms with van der Waals surface area (Å²) in [4.78, 5) is 0.191. The van der Waals surface area contributed by atoms with E-state index in [1.807, 2.05) is 0 Å². The molecule has 6 nitrogen and oxygen atoms in total. The smallest absolute Gasteiger partial charge is 0.242 e. The zero-order valence-electron chi connectivity index (χ0n) is 12.1. The van der Waals surface area contributed by atoms with Crippen molar-refractivity contribution >= 4 is 25.5 Å². The fraction of sp³-hybridized carbons (Fsp3) is 0.538. The van der Waals surface area contributed by atoms with Gasteiger partial charge in [-0.15, -0.1) is 0 Å². The highest BCUT2D eigenvalue weighted by Gasteiger charge is 2.25. The molecule has 1 atom stereocenters. The van der Waals surface area contributed by atoms with Crippen LogP contribution in [-0.4, -0.2) is 52.8 Å². The van der Waals surface area contributed by atoms with Crippen LogP contribution in [-0.2, 0) is 19.9 Å². The third-order valence-corrected chi connectivity index (χ3v) is 7.08. The standard InChI is InChI=1S/C13H20N2O4S2/c1-15(2)21(18,19)13-7-3-5-11(9-13)14-12-6-4-8-20(16,17)10-12/h3,5,7,9,12,14H,4,6,8,10H2,1-2H3. The Hall–Kier alpha value is -1.12. The number of sulfone groups is 1. The molecule has 1 aromatic rings. The van der Waals surface area contributed by atoms with Crippen molar-refractivity contribution in [2.24, 2.45) is 0 Å². The highest BCUT2D eigenvalue weighted by Crippen LogP contribution is 2.21. The predicted octanol–water partition coefficient (Wildman–Crippen LogP) is 0.926.